The van der Waals surface area contributed by atoms with Crippen LogP contribution in [0.15, 0.2) is 0 Å². The van der Waals surface area contributed by atoms with E-state index >= 15 is 0 Å². The standard InChI is InChI=1S/C13H24N4O2/c1-10-9-15-4-7-17(10)12(18)8-11-2-5-16(6-3-11)13(14)19/h10-11,15H,2-9H2,1H3,(H2,14,19). The molecule has 2 heterocycles. The van der Waals surface area contributed by atoms with Crippen molar-refractivity contribution in [2.75, 3.05) is 32.7 Å². The van der Waals surface area contributed by atoms with E-state index in [-0.39, 0.29) is 18.0 Å². The van der Waals surface area contributed by atoms with Crippen LogP contribution in [0.4, 0.5) is 4.79 Å². The van der Waals surface area contributed by atoms with Crippen LogP contribution in [0.25, 0.3) is 0 Å². The molecule has 108 valence electrons. The van der Waals surface area contributed by atoms with Crippen LogP contribution in [-0.2, 0) is 4.79 Å². The third-order valence-electron chi connectivity index (χ3n) is 4.21. The number of nitrogens with two attached hydrogens (primary N) is 1. The smallest absolute Gasteiger partial charge is 0.314 e. The molecule has 2 saturated heterocycles. The zero-order valence-electron chi connectivity index (χ0n) is 11.6. The number of hydrogen-bond acceptors (Lipinski definition) is 3. The Morgan fingerprint density at radius 1 is 1.26 bits per heavy atom. The van der Waals surface area contributed by atoms with Crippen molar-refractivity contribution in [1.82, 2.24) is 15.1 Å². The van der Waals surface area contributed by atoms with E-state index in [0.29, 0.717) is 25.4 Å². The number of amides is 3. The van der Waals surface area contributed by atoms with E-state index in [0.717, 1.165) is 32.5 Å². The lowest BCUT2D eigenvalue weighted by atomic mass is 9.93. The van der Waals surface area contributed by atoms with Gasteiger partial charge < -0.3 is 20.9 Å². The monoisotopic (exact) mass is 268 g/mol. The first-order valence-electron chi connectivity index (χ1n) is 7.12. The molecular weight excluding hydrogens is 244 g/mol. The van der Waals surface area contributed by atoms with E-state index < -0.39 is 0 Å². The Kier molecular flexibility index (Phi) is 4.63. The Balaban J connectivity index is 1.78. The minimum absolute atomic E-state index is 0.256. The number of nitrogens with zero attached hydrogens (tertiary/aromatic N) is 2. The average molecular weight is 268 g/mol. The molecule has 3 amide bonds. The van der Waals surface area contributed by atoms with E-state index in [2.05, 4.69) is 12.2 Å². The molecule has 0 aromatic heterocycles. The molecule has 0 aromatic rings. The van der Waals surface area contributed by atoms with Gasteiger partial charge in [0.15, 0.2) is 0 Å². The molecule has 3 N–H and O–H groups in total. The summed E-state index contributed by atoms with van der Waals surface area (Å²) in [6, 6.07) is -0.0625. The maximum absolute atomic E-state index is 12.3. The highest BCUT2D eigenvalue weighted by Gasteiger charge is 2.27. The second-order valence-electron chi connectivity index (χ2n) is 5.61. The third-order valence-corrected chi connectivity index (χ3v) is 4.21. The van der Waals surface area contributed by atoms with Crippen LogP contribution >= 0.6 is 0 Å². The van der Waals surface area contributed by atoms with Crippen LogP contribution in [0.3, 0.4) is 0 Å². The molecule has 2 aliphatic heterocycles. The van der Waals surface area contributed by atoms with Crippen molar-refractivity contribution >= 4 is 11.9 Å². The fourth-order valence-electron chi connectivity index (χ4n) is 2.93. The second-order valence-corrected chi connectivity index (χ2v) is 5.61. The molecule has 19 heavy (non-hydrogen) atoms. The molecule has 0 aliphatic carbocycles. The summed E-state index contributed by atoms with van der Waals surface area (Å²) < 4.78 is 0. The predicted octanol–water partition coefficient (Wildman–Crippen LogP) is -0.0125. The maximum Gasteiger partial charge on any atom is 0.314 e. The molecular formula is C13H24N4O2. The molecule has 0 saturated carbocycles. The van der Waals surface area contributed by atoms with Gasteiger partial charge in [-0.1, -0.05) is 0 Å². The van der Waals surface area contributed by atoms with Crippen molar-refractivity contribution in [3.63, 3.8) is 0 Å². The van der Waals surface area contributed by atoms with Crippen LogP contribution in [0, 0.1) is 5.92 Å². The fraction of sp³-hybridized carbons (Fsp3) is 0.846. The van der Waals surface area contributed by atoms with Gasteiger partial charge in [0.2, 0.25) is 5.91 Å². The Morgan fingerprint density at radius 2 is 1.95 bits per heavy atom. The molecule has 2 aliphatic rings. The van der Waals surface area contributed by atoms with Crippen LogP contribution in [0.1, 0.15) is 26.2 Å². The SMILES string of the molecule is CC1CNCCN1C(=O)CC1CCN(C(N)=O)CC1. The molecule has 0 spiro atoms. The highest BCUT2D eigenvalue weighted by molar-refractivity contribution is 5.77. The summed E-state index contributed by atoms with van der Waals surface area (Å²) in [4.78, 5) is 27.0. The molecule has 0 aromatic carbocycles. The minimum atomic E-state index is -0.347. The van der Waals surface area contributed by atoms with Crippen molar-refractivity contribution in [1.29, 1.82) is 0 Å². The van der Waals surface area contributed by atoms with Gasteiger partial charge in [-0.15, -0.1) is 0 Å². The predicted molar refractivity (Wildman–Crippen MR) is 72.5 cm³/mol. The number of hydrogen-bond donors (Lipinski definition) is 2. The van der Waals surface area contributed by atoms with E-state index in [1.165, 1.54) is 0 Å². The van der Waals surface area contributed by atoms with Crippen LogP contribution < -0.4 is 11.1 Å². The number of piperidine rings is 1. The minimum Gasteiger partial charge on any atom is -0.351 e. The Labute approximate surface area is 114 Å². The van der Waals surface area contributed by atoms with Gasteiger partial charge in [0, 0.05) is 45.2 Å². The molecule has 1 atom stereocenters. The third kappa shape index (κ3) is 3.59. The first-order valence-corrected chi connectivity index (χ1v) is 7.12. The van der Waals surface area contributed by atoms with Gasteiger partial charge in [0.05, 0.1) is 0 Å². The average Bonchev–Trinajstić information content (AvgIpc) is 2.39. The topological polar surface area (TPSA) is 78.7 Å². The van der Waals surface area contributed by atoms with Crippen molar-refractivity contribution < 1.29 is 9.59 Å². The maximum atomic E-state index is 12.3. The second kappa shape index (κ2) is 6.23. The molecule has 0 radical (unpaired) electrons. The number of piperazine rings is 1. The number of carbonyl (C=O) groups excluding carboxylic acids is 2. The van der Waals surface area contributed by atoms with Crippen molar-refractivity contribution in [2.24, 2.45) is 11.7 Å². The molecule has 1 unspecified atom stereocenters. The van der Waals surface area contributed by atoms with Gasteiger partial charge in [-0.25, -0.2) is 4.79 Å². The summed E-state index contributed by atoms with van der Waals surface area (Å²) in [5.74, 6) is 0.650. The van der Waals surface area contributed by atoms with Gasteiger partial charge in [-0.05, 0) is 25.7 Å². The van der Waals surface area contributed by atoms with Crippen molar-refractivity contribution in [2.45, 2.75) is 32.2 Å². The van der Waals surface area contributed by atoms with Crippen LogP contribution in [-0.4, -0.2) is 60.5 Å². The number of urea groups is 1. The lowest BCUT2D eigenvalue weighted by Gasteiger charge is -2.36. The highest BCUT2D eigenvalue weighted by Crippen LogP contribution is 2.22. The largest absolute Gasteiger partial charge is 0.351 e. The van der Waals surface area contributed by atoms with Gasteiger partial charge in [0.1, 0.15) is 0 Å². The summed E-state index contributed by atoms with van der Waals surface area (Å²) in [5, 5.41) is 3.29. The Hall–Kier alpha value is -1.30. The summed E-state index contributed by atoms with van der Waals surface area (Å²) in [6.45, 7) is 6.02. The zero-order valence-corrected chi connectivity index (χ0v) is 11.6. The number of rotatable bonds is 2. The summed E-state index contributed by atoms with van der Waals surface area (Å²) >= 11 is 0. The first-order chi connectivity index (χ1) is 9.08. The molecule has 6 nitrogen and oxygen atoms in total. The zero-order chi connectivity index (χ0) is 13.8. The van der Waals surface area contributed by atoms with Crippen LogP contribution in [0.5, 0.6) is 0 Å². The lowest BCUT2D eigenvalue weighted by molar-refractivity contribution is -0.135. The normalized spacial score (nSPS) is 25.4. The lowest BCUT2D eigenvalue weighted by Crippen LogP contribution is -2.52. The summed E-state index contributed by atoms with van der Waals surface area (Å²) in [6.07, 6.45) is 2.38. The molecule has 0 bridgehead atoms. The molecule has 6 heteroatoms. The van der Waals surface area contributed by atoms with Crippen molar-refractivity contribution in [3.05, 3.63) is 0 Å². The van der Waals surface area contributed by atoms with E-state index in [9.17, 15) is 9.59 Å². The van der Waals surface area contributed by atoms with Gasteiger partial charge >= 0.3 is 6.03 Å². The van der Waals surface area contributed by atoms with Crippen LogP contribution in [0.2, 0.25) is 0 Å². The molecule has 2 rings (SSSR count). The number of nitrogens with one attached hydrogen (secondary N) is 1. The quantitative estimate of drug-likeness (QED) is 0.739. The number of primary amides is 1. The van der Waals surface area contributed by atoms with Crippen molar-refractivity contribution in [3.8, 4) is 0 Å². The Bertz CT molecular complexity index is 340. The number of likely N-dealkylation sites (tertiary alicyclic amines) is 1. The molecule has 2 fully saturated rings. The van der Waals surface area contributed by atoms with E-state index in [1.54, 1.807) is 4.90 Å². The van der Waals surface area contributed by atoms with E-state index in [1.807, 2.05) is 4.90 Å². The summed E-state index contributed by atoms with van der Waals surface area (Å²) in [7, 11) is 0. The van der Waals surface area contributed by atoms with Gasteiger partial charge in [-0.2, -0.15) is 0 Å². The number of carbonyl (C=O) groups is 2. The van der Waals surface area contributed by atoms with Gasteiger partial charge in [0.25, 0.3) is 0 Å². The van der Waals surface area contributed by atoms with Gasteiger partial charge in [-0.3, -0.25) is 4.79 Å². The Morgan fingerprint density at radius 3 is 2.53 bits per heavy atom. The fourth-order valence-corrected chi connectivity index (χ4v) is 2.93. The first kappa shape index (κ1) is 14.1. The highest BCUT2D eigenvalue weighted by atomic mass is 16.2. The van der Waals surface area contributed by atoms with E-state index in [4.69, 9.17) is 5.73 Å². The summed E-state index contributed by atoms with van der Waals surface area (Å²) in [5.41, 5.74) is 5.25.